The molecule has 0 aliphatic heterocycles. The zero-order valence-electron chi connectivity index (χ0n) is 16.5. The monoisotopic (exact) mass is 448 g/mol. The highest BCUT2D eigenvalue weighted by atomic mass is 35.5. The second-order valence-corrected chi connectivity index (χ2v) is 7.32. The molecule has 0 spiro atoms. The topological polar surface area (TPSA) is 85.2 Å². The van der Waals surface area contributed by atoms with Crippen molar-refractivity contribution in [1.82, 2.24) is 14.9 Å². The molecule has 2 amide bonds. The maximum atomic E-state index is 12.4. The average molecular weight is 449 g/mol. The van der Waals surface area contributed by atoms with Crippen LogP contribution in [0.2, 0.25) is 10.0 Å². The normalized spacial score (nSPS) is 10.9. The molecule has 2 N–H and O–H groups in total. The Bertz CT molecular complexity index is 1050. The minimum absolute atomic E-state index is 0.219. The molecule has 158 valence electrons. The first-order valence-electron chi connectivity index (χ1n) is 9.55. The number of imidazole rings is 1. The lowest BCUT2D eigenvalue weighted by Crippen LogP contribution is -2.33. The molecule has 3 aromatic rings. The van der Waals surface area contributed by atoms with Crippen molar-refractivity contribution in [3.8, 4) is 0 Å². The molecule has 2 aromatic carbocycles. The highest BCUT2D eigenvalue weighted by molar-refractivity contribution is 6.36. The Morgan fingerprint density at radius 1 is 1.17 bits per heavy atom. The number of nitrogens with one attached hydrogen (secondary N) is 2. The fraction of sp³-hybridized carbons (Fsp3) is 0.286. The van der Waals surface area contributed by atoms with Gasteiger partial charge in [-0.1, -0.05) is 35.3 Å². The van der Waals surface area contributed by atoms with Crippen LogP contribution in [0.15, 0.2) is 42.5 Å². The van der Waals surface area contributed by atoms with E-state index in [9.17, 15) is 9.59 Å². The standard InChI is InChI=1S/C21H22Cl2N4O3/c1-2-30-11-5-10-27-18-7-4-3-6-17(18)25-21(27)26-19(28)13-24-20(29)15-9-8-14(22)12-16(15)23/h3-4,6-9,12H,2,5,10-11,13H2,1H3,(H,24,29)(H,25,26,28). The number of anilines is 1. The molecular formula is C21H22Cl2N4O3. The summed E-state index contributed by atoms with van der Waals surface area (Å²) in [5.41, 5.74) is 1.94. The largest absolute Gasteiger partial charge is 0.382 e. The second-order valence-electron chi connectivity index (χ2n) is 6.48. The van der Waals surface area contributed by atoms with Gasteiger partial charge in [0, 0.05) is 24.8 Å². The van der Waals surface area contributed by atoms with Crippen molar-refractivity contribution >= 4 is 52.0 Å². The summed E-state index contributed by atoms with van der Waals surface area (Å²) in [6, 6.07) is 12.2. The third kappa shape index (κ3) is 5.50. The van der Waals surface area contributed by atoms with Crippen LogP contribution in [-0.4, -0.2) is 41.1 Å². The number of para-hydroxylation sites is 2. The van der Waals surface area contributed by atoms with Gasteiger partial charge < -0.3 is 14.6 Å². The van der Waals surface area contributed by atoms with Gasteiger partial charge in [-0.25, -0.2) is 4.98 Å². The number of nitrogens with zero attached hydrogens (tertiary/aromatic N) is 2. The molecule has 0 fully saturated rings. The van der Waals surface area contributed by atoms with Gasteiger partial charge in [-0.15, -0.1) is 0 Å². The van der Waals surface area contributed by atoms with Gasteiger partial charge in [0.2, 0.25) is 11.9 Å². The van der Waals surface area contributed by atoms with Gasteiger partial charge in [0.15, 0.2) is 0 Å². The predicted molar refractivity (Wildman–Crippen MR) is 118 cm³/mol. The third-order valence-corrected chi connectivity index (χ3v) is 4.91. The number of amides is 2. The first-order chi connectivity index (χ1) is 14.5. The van der Waals surface area contributed by atoms with Crippen molar-refractivity contribution in [2.45, 2.75) is 19.9 Å². The summed E-state index contributed by atoms with van der Waals surface area (Å²) < 4.78 is 7.34. The van der Waals surface area contributed by atoms with E-state index >= 15 is 0 Å². The summed E-state index contributed by atoms with van der Waals surface area (Å²) in [4.78, 5) is 29.2. The number of rotatable bonds is 9. The molecule has 0 saturated heterocycles. The van der Waals surface area contributed by atoms with Crippen LogP contribution in [0, 0.1) is 0 Å². The Balaban J connectivity index is 1.66. The maximum absolute atomic E-state index is 12.4. The molecular weight excluding hydrogens is 427 g/mol. The summed E-state index contributed by atoms with van der Waals surface area (Å²) in [7, 11) is 0. The minimum atomic E-state index is -0.461. The molecule has 7 nitrogen and oxygen atoms in total. The minimum Gasteiger partial charge on any atom is -0.382 e. The smallest absolute Gasteiger partial charge is 0.253 e. The Morgan fingerprint density at radius 3 is 2.73 bits per heavy atom. The Kier molecular flexibility index (Phi) is 7.68. The maximum Gasteiger partial charge on any atom is 0.253 e. The number of carbonyl (C=O) groups is 2. The number of ether oxygens (including phenoxy) is 1. The average Bonchev–Trinajstić information content (AvgIpc) is 3.06. The van der Waals surface area contributed by atoms with Crippen LogP contribution in [0.25, 0.3) is 11.0 Å². The van der Waals surface area contributed by atoms with E-state index in [1.807, 2.05) is 35.8 Å². The summed E-state index contributed by atoms with van der Waals surface area (Å²) in [6.07, 6.45) is 0.781. The number of hydrogen-bond acceptors (Lipinski definition) is 4. The van der Waals surface area contributed by atoms with Crippen LogP contribution in [0.4, 0.5) is 5.95 Å². The number of hydrogen-bond donors (Lipinski definition) is 2. The van der Waals surface area contributed by atoms with Crippen molar-refractivity contribution in [2.75, 3.05) is 25.1 Å². The molecule has 0 bridgehead atoms. The lowest BCUT2D eigenvalue weighted by molar-refractivity contribution is -0.115. The van der Waals surface area contributed by atoms with Crippen LogP contribution in [0.3, 0.4) is 0 Å². The highest BCUT2D eigenvalue weighted by Crippen LogP contribution is 2.21. The summed E-state index contributed by atoms with van der Waals surface area (Å²) in [6.45, 7) is 3.65. The van der Waals surface area contributed by atoms with E-state index in [0.717, 1.165) is 17.5 Å². The Morgan fingerprint density at radius 2 is 1.97 bits per heavy atom. The molecule has 0 aliphatic carbocycles. The van der Waals surface area contributed by atoms with E-state index in [1.54, 1.807) is 6.07 Å². The lowest BCUT2D eigenvalue weighted by atomic mass is 10.2. The number of benzene rings is 2. The molecule has 9 heteroatoms. The van der Waals surface area contributed by atoms with Gasteiger partial charge in [-0.3, -0.25) is 14.9 Å². The summed E-state index contributed by atoms with van der Waals surface area (Å²) >= 11 is 11.9. The molecule has 1 heterocycles. The quantitative estimate of drug-likeness (QED) is 0.481. The van der Waals surface area contributed by atoms with Gasteiger partial charge in [0.05, 0.1) is 28.2 Å². The molecule has 0 unspecified atom stereocenters. The van der Waals surface area contributed by atoms with Gasteiger partial charge in [0.25, 0.3) is 5.91 Å². The zero-order valence-corrected chi connectivity index (χ0v) is 18.0. The first-order valence-corrected chi connectivity index (χ1v) is 10.3. The summed E-state index contributed by atoms with van der Waals surface area (Å²) in [5.74, 6) is -0.427. The molecule has 0 aliphatic rings. The first kappa shape index (κ1) is 22.1. The fourth-order valence-electron chi connectivity index (χ4n) is 2.96. The molecule has 0 atom stereocenters. The van der Waals surface area contributed by atoms with Crippen molar-refractivity contribution in [1.29, 1.82) is 0 Å². The number of fused-ring (bicyclic) bond motifs is 1. The molecule has 30 heavy (non-hydrogen) atoms. The van der Waals surface area contributed by atoms with Crippen LogP contribution >= 0.6 is 23.2 Å². The molecule has 3 rings (SSSR count). The lowest BCUT2D eigenvalue weighted by Gasteiger charge is -2.11. The van der Waals surface area contributed by atoms with Gasteiger partial charge >= 0.3 is 0 Å². The number of halogens is 2. The zero-order chi connectivity index (χ0) is 21.5. The van der Waals surface area contributed by atoms with E-state index in [-0.39, 0.29) is 17.1 Å². The van der Waals surface area contributed by atoms with Crippen molar-refractivity contribution < 1.29 is 14.3 Å². The third-order valence-electron chi connectivity index (χ3n) is 4.37. The SMILES string of the molecule is CCOCCCn1c(NC(=O)CNC(=O)c2ccc(Cl)cc2Cl)nc2ccccc21. The van der Waals surface area contributed by atoms with Crippen LogP contribution < -0.4 is 10.6 Å². The highest BCUT2D eigenvalue weighted by Gasteiger charge is 2.15. The fourth-order valence-corrected chi connectivity index (χ4v) is 3.46. The van der Waals surface area contributed by atoms with Gasteiger partial charge in [-0.05, 0) is 43.7 Å². The number of aryl methyl sites for hydroxylation is 1. The second kappa shape index (κ2) is 10.4. The number of aromatic nitrogens is 2. The molecule has 0 saturated carbocycles. The van der Waals surface area contributed by atoms with Crippen LogP contribution in [0.5, 0.6) is 0 Å². The summed E-state index contributed by atoms with van der Waals surface area (Å²) in [5, 5.41) is 5.98. The van der Waals surface area contributed by atoms with E-state index in [4.69, 9.17) is 27.9 Å². The Hall–Kier alpha value is -2.61. The molecule has 1 aromatic heterocycles. The van der Waals surface area contributed by atoms with Gasteiger partial charge in [-0.2, -0.15) is 0 Å². The molecule has 0 radical (unpaired) electrons. The van der Waals surface area contributed by atoms with Crippen molar-refractivity contribution in [2.24, 2.45) is 0 Å². The van der Waals surface area contributed by atoms with Crippen LogP contribution in [0.1, 0.15) is 23.7 Å². The van der Waals surface area contributed by atoms with Crippen molar-refractivity contribution in [3.63, 3.8) is 0 Å². The van der Waals surface area contributed by atoms with E-state index < -0.39 is 11.8 Å². The van der Waals surface area contributed by atoms with E-state index in [2.05, 4.69) is 15.6 Å². The predicted octanol–water partition coefficient (Wildman–Crippen LogP) is 4.14. The van der Waals surface area contributed by atoms with E-state index in [1.165, 1.54) is 12.1 Å². The van der Waals surface area contributed by atoms with Crippen molar-refractivity contribution in [3.05, 3.63) is 58.1 Å². The number of carbonyl (C=O) groups excluding carboxylic acids is 2. The Labute approximate surface area is 184 Å². The van der Waals surface area contributed by atoms with Gasteiger partial charge in [0.1, 0.15) is 0 Å². The van der Waals surface area contributed by atoms with E-state index in [0.29, 0.717) is 30.7 Å². The van der Waals surface area contributed by atoms with Crippen LogP contribution in [-0.2, 0) is 16.1 Å².